The monoisotopic (exact) mass is 604 g/mol. The highest BCUT2D eigenvalue weighted by Gasteiger charge is 2.90. The minimum absolute atomic E-state index is 0.100. The Bertz CT molecular complexity index is 1020. The topological polar surface area (TPSA) is 63.6 Å². The second kappa shape index (κ2) is 11.3. The number of unbranched alkanes of at least 4 members (excludes halogenated alkanes) is 4. The van der Waals surface area contributed by atoms with Crippen LogP contribution in [0.25, 0.3) is 0 Å². The van der Waals surface area contributed by atoms with Crippen molar-refractivity contribution in [3.8, 4) is 0 Å². The summed E-state index contributed by atoms with van der Waals surface area (Å²) in [7, 11) is -5.16. The summed E-state index contributed by atoms with van der Waals surface area (Å²) in [4.78, 5) is 0. The van der Waals surface area contributed by atoms with Crippen molar-refractivity contribution >= 4 is 10.4 Å². The van der Waals surface area contributed by atoms with Crippen molar-refractivity contribution in [1.29, 1.82) is 0 Å². The highest BCUT2D eigenvalue weighted by molar-refractivity contribution is 7.80. The average Bonchev–Trinajstić information content (AvgIpc) is 2.76. The maximum Gasteiger partial charge on any atom is 0.460 e. The average molecular weight is 604 g/mol. The summed E-state index contributed by atoms with van der Waals surface area (Å²) < 4.78 is 209. The molecule has 1 rings (SSSR count). The van der Waals surface area contributed by atoms with Crippen LogP contribution in [0.4, 0.5) is 57.1 Å². The van der Waals surface area contributed by atoms with Gasteiger partial charge in [-0.05, 0) is 12.0 Å². The summed E-state index contributed by atoms with van der Waals surface area (Å²) in [6.07, 6.45) is -6.26. The van der Waals surface area contributed by atoms with Gasteiger partial charge >= 0.3 is 46.2 Å². The highest BCUT2D eigenvalue weighted by Crippen LogP contribution is 2.62. The molecule has 38 heavy (non-hydrogen) atoms. The molecule has 0 bridgehead atoms. The second-order valence-electron chi connectivity index (χ2n) is 8.21. The van der Waals surface area contributed by atoms with Crippen LogP contribution in [0.2, 0.25) is 0 Å². The molecule has 18 heteroatoms. The SMILES string of the molecule is CCCCCCCC(OS(=O)(=O)O)c1ccc(C(F)(F)C(F)(F)C(F)(F)C(F)(F)C(F)(F)C(F)(F)F)cc1. The molecule has 222 valence electrons. The maximum absolute atomic E-state index is 14.3. The molecule has 0 fully saturated rings. The lowest BCUT2D eigenvalue weighted by Gasteiger charge is -2.39. The molecule has 0 spiro atoms. The number of benzene rings is 1. The van der Waals surface area contributed by atoms with Gasteiger partial charge in [0.2, 0.25) is 0 Å². The standard InChI is InChI=1S/C20H21F13O4S/c1-2-3-4-5-6-7-14(37-38(34,35)36)12-8-10-13(11-9-12)15(21,22)16(23,24)17(25,26)18(27,28)19(29,30)20(31,32)33/h8-11,14H,2-7H2,1H3,(H,34,35,36). The first-order valence-corrected chi connectivity index (χ1v) is 12.0. The summed E-state index contributed by atoms with van der Waals surface area (Å²) in [5, 5.41) is 0. The van der Waals surface area contributed by atoms with Crippen molar-refractivity contribution in [2.45, 2.75) is 87.3 Å². The molecular weight excluding hydrogens is 583 g/mol. The van der Waals surface area contributed by atoms with Crippen molar-refractivity contribution in [2.75, 3.05) is 0 Å². The van der Waals surface area contributed by atoms with Crippen LogP contribution >= 0.6 is 0 Å². The number of rotatable bonds is 14. The minimum atomic E-state index is -8.02. The third-order valence-electron chi connectivity index (χ3n) is 5.39. The van der Waals surface area contributed by atoms with E-state index < -0.39 is 63.4 Å². The van der Waals surface area contributed by atoms with Gasteiger partial charge in [0, 0.05) is 5.56 Å². The van der Waals surface area contributed by atoms with Gasteiger partial charge in [0.05, 0.1) is 0 Å². The third-order valence-corrected chi connectivity index (χ3v) is 5.86. The lowest BCUT2D eigenvalue weighted by molar-refractivity contribution is -0.441. The number of alkyl halides is 13. The summed E-state index contributed by atoms with van der Waals surface area (Å²) in [5.41, 5.74) is -2.62. The molecule has 0 radical (unpaired) electrons. The van der Waals surface area contributed by atoms with Gasteiger partial charge in [-0.25, -0.2) is 4.18 Å². The number of halogens is 13. The van der Waals surface area contributed by atoms with Crippen molar-refractivity contribution < 1.29 is 74.2 Å². The number of hydrogen-bond acceptors (Lipinski definition) is 3. The van der Waals surface area contributed by atoms with E-state index in [0.717, 1.165) is 12.8 Å². The highest BCUT2D eigenvalue weighted by atomic mass is 32.3. The van der Waals surface area contributed by atoms with E-state index in [1.54, 1.807) is 0 Å². The van der Waals surface area contributed by atoms with Gasteiger partial charge in [0.25, 0.3) is 0 Å². The summed E-state index contributed by atoms with van der Waals surface area (Å²) in [6, 6.07) is 0.608. The van der Waals surface area contributed by atoms with Crippen LogP contribution in [-0.4, -0.2) is 42.8 Å². The van der Waals surface area contributed by atoms with Crippen LogP contribution in [0, 0.1) is 0 Å². The largest absolute Gasteiger partial charge is 0.460 e. The smallest absolute Gasteiger partial charge is 0.264 e. The van der Waals surface area contributed by atoms with Crippen molar-refractivity contribution in [3.63, 3.8) is 0 Å². The third kappa shape index (κ3) is 6.66. The first kappa shape index (κ1) is 34.2. The Labute approximate surface area is 208 Å². The van der Waals surface area contributed by atoms with Crippen LogP contribution in [-0.2, 0) is 20.5 Å². The lowest BCUT2D eigenvalue weighted by Crippen LogP contribution is -2.69. The predicted octanol–water partition coefficient (Wildman–Crippen LogP) is 8.10. The van der Waals surface area contributed by atoms with Crippen LogP contribution < -0.4 is 0 Å². The molecule has 0 aliphatic rings. The molecule has 0 aliphatic carbocycles. The molecule has 4 nitrogen and oxygen atoms in total. The molecule has 0 aliphatic heterocycles. The maximum atomic E-state index is 14.3. The molecule has 0 heterocycles. The fourth-order valence-corrected chi connectivity index (χ4v) is 3.71. The van der Waals surface area contributed by atoms with Gasteiger partial charge in [-0.1, -0.05) is 63.3 Å². The van der Waals surface area contributed by atoms with E-state index in [-0.39, 0.29) is 25.0 Å². The van der Waals surface area contributed by atoms with E-state index in [9.17, 15) is 65.5 Å². The van der Waals surface area contributed by atoms with E-state index in [1.807, 2.05) is 6.92 Å². The molecule has 0 saturated heterocycles. The first-order chi connectivity index (χ1) is 16.9. The van der Waals surface area contributed by atoms with Gasteiger partial charge in [-0.15, -0.1) is 0 Å². The fourth-order valence-electron chi connectivity index (χ4n) is 3.21. The van der Waals surface area contributed by atoms with Crippen molar-refractivity contribution in [1.82, 2.24) is 0 Å². The fraction of sp³-hybridized carbons (Fsp3) is 0.700. The lowest BCUT2D eigenvalue weighted by atomic mass is 9.90. The Morgan fingerprint density at radius 2 is 1.16 bits per heavy atom. The molecule has 0 saturated carbocycles. The molecule has 1 aromatic rings. The Kier molecular flexibility index (Phi) is 10.2. The van der Waals surface area contributed by atoms with Crippen LogP contribution in [0.3, 0.4) is 0 Å². The Balaban J connectivity index is 3.38. The second-order valence-corrected chi connectivity index (χ2v) is 9.26. The van der Waals surface area contributed by atoms with E-state index in [2.05, 4.69) is 4.18 Å². The Morgan fingerprint density at radius 1 is 0.711 bits per heavy atom. The quantitative estimate of drug-likeness (QED) is 0.132. The van der Waals surface area contributed by atoms with Gasteiger partial charge in [-0.3, -0.25) is 4.55 Å². The molecule has 0 amide bonds. The van der Waals surface area contributed by atoms with E-state index in [0.29, 0.717) is 25.0 Å². The van der Waals surface area contributed by atoms with Gasteiger partial charge in [-0.2, -0.15) is 65.5 Å². The molecule has 1 N–H and O–H groups in total. The van der Waals surface area contributed by atoms with E-state index >= 15 is 0 Å². The van der Waals surface area contributed by atoms with Gasteiger partial charge in [0.15, 0.2) is 0 Å². The minimum Gasteiger partial charge on any atom is -0.264 e. The molecule has 1 aromatic carbocycles. The molecular formula is C20H21F13O4S. The zero-order valence-corrected chi connectivity index (χ0v) is 19.9. The summed E-state index contributed by atoms with van der Waals surface area (Å²) in [6.45, 7) is 1.88. The van der Waals surface area contributed by atoms with Crippen molar-refractivity contribution in [3.05, 3.63) is 35.4 Å². The predicted molar refractivity (Wildman–Crippen MR) is 105 cm³/mol. The molecule has 0 aromatic heterocycles. The van der Waals surface area contributed by atoms with Gasteiger partial charge < -0.3 is 0 Å². The number of hydrogen-bond donors (Lipinski definition) is 1. The zero-order chi connectivity index (χ0) is 30.0. The molecule has 1 atom stereocenters. The van der Waals surface area contributed by atoms with Crippen molar-refractivity contribution in [2.24, 2.45) is 0 Å². The first-order valence-electron chi connectivity index (χ1n) is 10.6. The van der Waals surface area contributed by atoms with Crippen LogP contribution in [0.15, 0.2) is 24.3 Å². The van der Waals surface area contributed by atoms with Crippen LogP contribution in [0.1, 0.15) is 62.7 Å². The Morgan fingerprint density at radius 3 is 1.58 bits per heavy atom. The summed E-state index contributed by atoms with van der Waals surface area (Å²) >= 11 is 0. The zero-order valence-electron chi connectivity index (χ0n) is 19.1. The summed E-state index contributed by atoms with van der Waals surface area (Å²) in [5.74, 6) is -37.7. The van der Waals surface area contributed by atoms with Crippen LogP contribution in [0.5, 0.6) is 0 Å². The Hall–Kier alpha value is -1.82. The molecule has 1 unspecified atom stereocenters. The van der Waals surface area contributed by atoms with E-state index in [1.165, 1.54) is 0 Å². The van der Waals surface area contributed by atoms with E-state index in [4.69, 9.17) is 4.55 Å². The normalized spacial score (nSPS) is 15.6. The van der Waals surface area contributed by atoms with Gasteiger partial charge in [0.1, 0.15) is 6.10 Å².